The monoisotopic (exact) mass is 519 g/mol. The molecule has 0 fully saturated rings. The van der Waals surface area contributed by atoms with Gasteiger partial charge in [0, 0.05) is 5.56 Å². The van der Waals surface area contributed by atoms with Gasteiger partial charge in [-0.05, 0) is 66.2 Å². The van der Waals surface area contributed by atoms with Gasteiger partial charge in [-0.25, -0.2) is 0 Å². The number of thiocarbonyl (C=S) groups is 1. The maximum atomic E-state index is 12.4. The van der Waals surface area contributed by atoms with Gasteiger partial charge in [-0.15, -0.1) is 0 Å². The van der Waals surface area contributed by atoms with E-state index in [1.54, 1.807) is 36.4 Å². The predicted octanol–water partition coefficient (Wildman–Crippen LogP) is 5.42. The number of hydrogen-bond donors (Lipinski definition) is 3. The van der Waals surface area contributed by atoms with Gasteiger partial charge in [0.25, 0.3) is 11.8 Å². The maximum absolute atomic E-state index is 12.4. The molecule has 8 heteroatoms. The molecule has 0 heterocycles. The molecule has 2 amide bonds. The Kier molecular flexibility index (Phi) is 11.4. The predicted molar refractivity (Wildman–Crippen MR) is 149 cm³/mol. The zero-order valence-corrected chi connectivity index (χ0v) is 21.8. The highest BCUT2D eigenvalue weighted by Gasteiger charge is 2.09. The van der Waals surface area contributed by atoms with E-state index in [0.717, 1.165) is 29.7 Å². The van der Waals surface area contributed by atoms with Crippen LogP contribution in [-0.4, -0.2) is 30.1 Å². The molecule has 0 aliphatic rings. The van der Waals surface area contributed by atoms with E-state index in [2.05, 4.69) is 23.1 Å². The lowest BCUT2D eigenvalue weighted by Gasteiger charge is -2.12. The lowest BCUT2D eigenvalue weighted by atomic mass is 10.1. The summed E-state index contributed by atoms with van der Waals surface area (Å²) < 4.78 is 11.2. The van der Waals surface area contributed by atoms with E-state index in [1.165, 1.54) is 19.3 Å². The number of hydrazine groups is 1. The van der Waals surface area contributed by atoms with Crippen molar-refractivity contribution in [2.75, 3.05) is 13.2 Å². The summed E-state index contributed by atoms with van der Waals surface area (Å²) in [7, 11) is 0. The molecule has 194 valence electrons. The van der Waals surface area contributed by atoms with Crippen LogP contribution in [0.2, 0.25) is 0 Å². The van der Waals surface area contributed by atoms with Gasteiger partial charge in [-0.3, -0.25) is 25.8 Å². The zero-order chi connectivity index (χ0) is 26.3. The number of rotatable bonds is 12. The van der Waals surface area contributed by atoms with Gasteiger partial charge in [0.1, 0.15) is 11.5 Å². The Balaban J connectivity index is 1.33. The van der Waals surface area contributed by atoms with Crippen LogP contribution in [-0.2, 0) is 4.79 Å². The second kappa shape index (κ2) is 15.3. The first-order chi connectivity index (χ1) is 18.0. The van der Waals surface area contributed by atoms with Gasteiger partial charge in [-0.1, -0.05) is 75.1 Å². The number of carbonyl (C=O) groups excluding carboxylic acids is 2. The zero-order valence-electron chi connectivity index (χ0n) is 21.0. The van der Waals surface area contributed by atoms with Crippen molar-refractivity contribution >= 4 is 29.1 Å². The summed E-state index contributed by atoms with van der Waals surface area (Å²) in [6.45, 7) is 2.64. The largest absolute Gasteiger partial charge is 0.494 e. The second-order valence-corrected chi connectivity index (χ2v) is 8.83. The van der Waals surface area contributed by atoms with Crippen molar-refractivity contribution < 1.29 is 19.1 Å². The third-order valence-corrected chi connectivity index (χ3v) is 5.71. The van der Waals surface area contributed by atoms with Gasteiger partial charge in [0.15, 0.2) is 11.7 Å². The number of amides is 2. The highest BCUT2D eigenvalue weighted by Crippen LogP contribution is 2.22. The Morgan fingerprint density at radius 2 is 1.35 bits per heavy atom. The van der Waals surface area contributed by atoms with Gasteiger partial charge >= 0.3 is 0 Å². The maximum Gasteiger partial charge on any atom is 0.276 e. The fourth-order valence-corrected chi connectivity index (χ4v) is 3.63. The van der Waals surface area contributed by atoms with Crippen LogP contribution >= 0.6 is 12.2 Å². The van der Waals surface area contributed by atoms with Crippen LogP contribution in [0, 0.1) is 0 Å². The molecule has 3 rings (SSSR count). The number of nitrogens with one attached hydrogen (secondary N) is 3. The number of unbranched alkanes of at least 4 members (excludes halogenated alkanes) is 4. The Hall–Kier alpha value is -3.91. The van der Waals surface area contributed by atoms with Gasteiger partial charge in [0.2, 0.25) is 0 Å². The summed E-state index contributed by atoms with van der Waals surface area (Å²) in [4.78, 5) is 24.5. The first-order valence-electron chi connectivity index (χ1n) is 12.5. The van der Waals surface area contributed by atoms with E-state index < -0.39 is 11.8 Å². The lowest BCUT2D eigenvalue weighted by molar-refractivity contribution is -0.123. The van der Waals surface area contributed by atoms with Crippen LogP contribution in [0.15, 0.2) is 78.9 Å². The summed E-state index contributed by atoms with van der Waals surface area (Å²) in [5, 5.41) is 2.49. The van der Waals surface area contributed by atoms with Gasteiger partial charge in [-0.2, -0.15) is 0 Å². The van der Waals surface area contributed by atoms with Crippen molar-refractivity contribution in [2.24, 2.45) is 0 Å². The number of benzene rings is 3. The van der Waals surface area contributed by atoms with Crippen LogP contribution in [0.1, 0.15) is 49.4 Å². The van der Waals surface area contributed by atoms with Crippen molar-refractivity contribution in [1.82, 2.24) is 16.2 Å². The van der Waals surface area contributed by atoms with Gasteiger partial charge < -0.3 is 9.47 Å². The van der Waals surface area contributed by atoms with E-state index in [-0.39, 0.29) is 11.7 Å². The van der Waals surface area contributed by atoms with Crippen LogP contribution in [0.25, 0.3) is 11.1 Å². The molecule has 0 aliphatic carbocycles. The second-order valence-electron chi connectivity index (χ2n) is 8.42. The Morgan fingerprint density at radius 1 is 0.730 bits per heavy atom. The molecule has 37 heavy (non-hydrogen) atoms. The first-order valence-corrected chi connectivity index (χ1v) is 12.9. The number of hydrogen-bond acceptors (Lipinski definition) is 5. The van der Waals surface area contributed by atoms with Crippen molar-refractivity contribution in [2.45, 2.75) is 39.0 Å². The molecule has 0 aromatic heterocycles. The van der Waals surface area contributed by atoms with Crippen LogP contribution < -0.4 is 25.6 Å². The van der Waals surface area contributed by atoms with E-state index in [0.29, 0.717) is 17.9 Å². The van der Waals surface area contributed by atoms with E-state index in [4.69, 9.17) is 21.7 Å². The van der Waals surface area contributed by atoms with E-state index in [9.17, 15) is 9.59 Å². The summed E-state index contributed by atoms with van der Waals surface area (Å²) in [6.07, 6.45) is 5.86. The Bertz CT molecular complexity index is 1140. The van der Waals surface area contributed by atoms with Crippen LogP contribution in [0.3, 0.4) is 0 Å². The molecule has 3 aromatic rings. The average Bonchev–Trinajstić information content (AvgIpc) is 2.93. The third-order valence-electron chi connectivity index (χ3n) is 5.51. The lowest BCUT2D eigenvalue weighted by Crippen LogP contribution is -2.49. The van der Waals surface area contributed by atoms with Crippen LogP contribution in [0.5, 0.6) is 11.5 Å². The number of ether oxygens (including phenoxy) is 2. The minimum Gasteiger partial charge on any atom is -0.494 e. The summed E-state index contributed by atoms with van der Waals surface area (Å²) in [5.41, 5.74) is 7.49. The smallest absolute Gasteiger partial charge is 0.276 e. The third kappa shape index (κ3) is 9.93. The Labute approximate surface area is 223 Å². The average molecular weight is 520 g/mol. The SMILES string of the molecule is CCCCCCCOc1ccc(C(=O)NC(=S)NNC(=O)COc2ccc(-c3ccccc3)cc2)cc1. The molecule has 0 saturated carbocycles. The molecule has 3 N–H and O–H groups in total. The highest BCUT2D eigenvalue weighted by atomic mass is 32.1. The van der Waals surface area contributed by atoms with Crippen molar-refractivity contribution in [1.29, 1.82) is 0 Å². The molecule has 0 spiro atoms. The molecule has 0 atom stereocenters. The normalized spacial score (nSPS) is 10.3. The molecule has 0 radical (unpaired) electrons. The summed E-state index contributed by atoms with van der Waals surface area (Å²) in [6, 6.07) is 24.3. The van der Waals surface area contributed by atoms with Crippen molar-refractivity contribution in [3.05, 3.63) is 84.4 Å². The van der Waals surface area contributed by atoms with Crippen molar-refractivity contribution in [3.63, 3.8) is 0 Å². The number of carbonyl (C=O) groups is 2. The molecular formula is C29H33N3O4S. The fraction of sp³-hybridized carbons (Fsp3) is 0.276. The Morgan fingerprint density at radius 3 is 2.05 bits per heavy atom. The van der Waals surface area contributed by atoms with Crippen molar-refractivity contribution in [3.8, 4) is 22.6 Å². The minimum absolute atomic E-state index is 0.0297. The summed E-state index contributed by atoms with van der Waals surface area (Å²) in [5.74, 6) is 0.442. The topological polar surface area (TPSA) is 88.7 Å². The van der Waals surface area contributed by atoms with E-state index in [1.807, 2.05) is 42.5 Å². The van der Waals surface area contributed by atoms with Gasteiger partial charge in [0.05, 0.1) is 6.61 Å². The highest BCUT2D eigenvalue weighted by molar-refractivity contribution is 7.80. The standard InChI is InChI=1S/C29H33N3O4S/c1-2-3-4-5-9-20-35-25-18-14-24(15-19-25)28(34)30-29(37)32-31-27(33)21-36-26-16-12-23(13-17-26)22-10-7-6-8-11-22/h6-8,10-19H,2-5,9,20-21H2,1H3,(H,31,33)(H2,30,32,34,37). The minimum atomic E-state index is -0.445. The fourth-order valence-electron chi connectivity index (χ4n) is 3.49. The molecule has 0 saturated heterocycles. The molecule has 0 unspecified atom stereocenters. The molecule has 0 aliphatic heterocycles. The molecule has 3 aromatic carbocycles. The quantitative estimate of drug-likeness (QED) is 0.168. The summed E-state index contributed by atoms with van der Waals surface area (Å²) >= 11 is 5.09. The molecule has 7 nitrogen and oxygen atoms in total. The first kappa shape index (κ1) is 27.7. The van der Waals surface area contributed by atoms with E-state index >= 15 is 0 Å². The molecular weight excluding hydrogens is 486 g/mol. The molecule has 0 bridgehead atoms. The van der Waals surface area contributed by atoms with Crippen LogP contribution in [0.4, 0.5) is 0 Å².